The fraction of sp³-hybridized carbons (Fsp3) is 0.250. The second-order valence-electron chi connectivity index (χ2n) is 4.24. The van der Waals surface area contributed by atoms with Crippen LogP contribution in [0.5, 0.6) is 0 Å². The first-order valence-electron chi connectivity index (χ1n) is 6.03. The van der Waals surface area contributed by atoms with E-state index in [1.165, 1.54) is 4.68 Å². The van der Waals surface area contributed by atoms with Crippen LogP contribution >= 0.6 is 67.8 Å². The van der Waals surface area contributed by atoms with Crippen molar-refractivity contribution in [1.82, 2.24) is 15.0 Å². The lowest BCUT2D eigenvalue weighted by Gasteiger charge is -2.10. The zero-order chi connectivity index (χ0) is 15.4. The van der Waals surface area contributed by atoms with Gasteiger partial charge in [-0.15, -0.1) is 5.10 Å². The second-order valence-corrected chi connectivity index (χ2v) is 7.81. The number of amides is 1. The molecule has 112 valence electrons. The number of nitrogens with zero attached hydrogens (tertiary/aromatic N) is 3. The van der Waals surface area contributed by atoms with Crippen molar-refractivity contribution >= 4 is 79.4 Å². The van der Waals surface area contributed by atoms with E-state index in [2.05, 4.69) is 83.4 Å². The van der Waals surface area contributed by atoms with Crippen molar-refractivity contribution < 1.29 is 4.79 Å². The maximum absolute atomic E-state index is 12.1. The number of aromatic nitrogens is 3. The Morgan fingerprint density at radius 2 is 1.95 bits per heavy atom. The molecule has 0 aliphatic rings. The molecule has 6 nitrogen and oxygen atoms in total. The molecular formula is C12H12I3N5O. The smallest absolute Gasteiger partial charge is 0.246 e. The lowest BCUT2D eigenvalue weighted by Crippen LogP contribution is -2.20. The number of anilines is 1. The van der Waals surface area contributed by atoms with Gasteiger partial charge in [0.05, 0.1) is 11.4 Å². The highest BCUT2D eigenvalue weighted by Gasteiger charge is 2.11. The molecule has 0 bridgehead atoms. The minimum absolute atomic E-state index is 0.128. The first-order valence-corrected chi connectivity index (χ1v) is 9.26. The first-order chi connectivity index (χ1) is 9.99. The molecule has 0 saturated heterocycles. The molecule has 2 rings (SSSR count). The average Bonchev–Trinajstić information content (AvgIpc) is 2.81. The number of carbonyl (C=O) groups is 1. The predicted octanol–water partition coefficient (Wildman–Crippen LogP) is 2.23. The highest BCUT2D eigenvalue weighted by molar-refractivity contribution is 14.1. The van der Waals surface area contributed by atoms with Crippen molar-refractivity contribution in [2.75, 3.05) is 11.9 Å². The van der Waals surface area contributed by atoms with Gasteiger partial charge in [-0.25, -0.2) is 4.68 Å². The summed E-state index contributed by atoms with van der Waals surface area (Å²) in [5.41, 5.74) is 7.09. The van der Waals surface area contributed by atoms with Gasteiger partial charge in [0.2, 0.25) is 5.91 Å². The molecule has 1 aromatic heterocycles. The highest BCUT2D eigenvalue weighted by Crippen LogP contribution is 2.27. The Morgan fingerprint density at radius 3 is 2.57 bits per heavy atom. The third-order valence-corrected chi connectivity index (χ3v) is 4.89. The van der Waals surface area contributed by atoms with Crippen LogP contribution in [0.15, 0.2) is 18.3 Å². The molecule has 0 aliphatic heterocycles. The van der Waals surface area contributed by atoms with Crippen LogP contribution in [-0.4, -0.2) is 27.4 Å². The summed E-state index contributed by atoms with van der Waals surface area (Å²) in [4.78, 5) is 12.1. The Morgan fingerprint density at radius 1 is 1.29 bits per heavy atom. The lowest BCUT2D eigenvalue weighted by molar-refractivity contribution is -0.116. The van der Waals surface area contributed by atoms with E-state index >= 15 is 0 Å². The molecular weight excluding hydrogens is 611 g/mol. The van der Waals surface area contributed by atoms with Crippen LogP contribution in [0.2, 0.25) is 0 Å². The van der Waals surface area contributed by atoms with Crippen LogP contribution < -0.4 is 11.1 Å². The summed E-state index contributed by atoms with van der Waals surface area (Å²) in [6, 6.07) is 4.04. The van der Waals surface area contributed by atoms with Crippen molar-refractivity contribution in [2.24, 2.45) is 5.73 Å². The SMILES string of the molecule is NCCc1cn(CC(=O)Nc2c(I)cc(I)cc2I)nn1. The van der Waals surface area contributed by atoms with Gasteiger partial charge in [0.1, 0.15) is 6.54 Å². The van der Waals surface area contributed by atoms with E-state index in [1.807, 2.05) is 12.1 Å². The van der Waals surface area contributed by atoms with Crippen molar-refractivity contribution in [2.45, 2.75) is 13.0 Å². The van der Waals surface area contributed by atoms with Gasteiger partial charge in [0, 0.05) is 23.3 Å². The molecule has 0 aliphatic carbocycles. The molecule has 0 saturated carbocycles. The standard InChI is InChI=1S/C12H12I3N5O/c13-7-3-9(14)12(10(15)4-7)17-11(21)6-20-5-8(1-2-16)18-19-20/h3-5H,1-2,6,16H2,(H,17,21). The van der Waals surface area contributed by atoms with Gasteiger partial charge in [-0.3, -0.25) is 4.79 Å². The number of rotatable bonds is 5. The molecule has 1 amide bonds. The third kappa shape index (κ3) is 4.99. The van der Waals surface area contributed by atoms with Crippen LogP contribution in [0.3, 0.4) is 0 Å². The summed E-state index contributed by atoms with van der Waals surface area (Å²) in [6.07, 6.45) is 2.41. The molecule has 0 fully saturated rings. The summed E-state index contributed by atoms with van der Waals surface area (Å²) in [6.45, 7) is 0.652. The molecule has 0 spiro atoms. The molecule has 1 heterocycles. The Hall–Kier alpha value is -0.0200. The van der Waals surface area contributed by atoms with Gasteiger partial charge in [0.25, 0.3) is 0 Å². The monoisotopic (exact) mass is 623 g/mol. The van der Waals surface area contributed by atoms with E-state index in [4.69, 9.17) is 5.73 Å². The van der Waals surface area contributed by atoms with E-state index in [-0.39, 0.29) is 12.5 Å². The number of benzene rings is 1. The molecule has 0 atom stereocenters. The number of nitrogens with two attached hydrogens (primary N) is 1. The number of hydrogen-bond donors (Lipinski definition) is 2. The second kappa shape index (κ2) is 8.01. The van der Waals surface area contributed by atoms with Crippen LogP contribution in [0, 0.1) is 10.7 Å². The van der Waals surface area contributed by atoms with Crippen molar-refractivity contribution in [3.63, 3.8) is 0 Å². The number of halogens is 3. The summed E-state index contributed by atoms with van der Waals surface area (Å²) in [5.74, 6) is -0.128. The Balaban J connectivity index is 2.04. The topological polar surface area (TPSA) is 85.8 Å². The average molecular weight is 623 g/mol. The summed E-state index contributed by atoms with van der Waals surface area (Å²) in [5, 5.41) is 10.8. The number of nitrogens with one attached hydrogen (secondary N) is 1. The Bertz CT molecular complexity index is 635. The third-order valence-electron chi connectivity index (χ3n) is 2.56. The Labute approximate surface area is 163 Å². The van der Waals surface area contributed by atoms with Gasteiger partial charge in [-0.05, 0) is 86.5 Å². The van der Waals surface area contributed by atoms with Gasteiger partial charge in [0.15, 0.2) is 0 Å². The van der Waals surface area contributed by atoms with Gasteiger partial charge in [-0.1, -0.05) is 5.21 Å². The Kier molecular flexibility index (Phi) is 6.61. The lowest BCUT2D eigenvalue weighted by atomic mass is 10.3. The van der Waals surface area contributed by atoms with E-state index < -0.39 is 0 Å². The highest BCUT2D eigenvalue weighted by atomic mass is 127. The van der Waals surface area contributed by atoms with Crippen molar-refractivity contribution in [1.29, 1.82) is 0 Å². The number of carbonyl (C=O) groups excluding carboxylic acids is 1. The maximum atomic E-state index is 12.1. The van der Waals surface area contributed by atoms with E-state index in [0.29, 0.717) is 13.0 Å². The van der Waals surface area contributed by atoms with Crippen LogP contribution in [-0.2, 0) is 17.8 Å². The summed E-state index contributed by atoms with van der Waals surface area (Å²) < 4.78 is 4.69. The van der Waals surface area contributed by atoms with Crippen molar-refractivity contribution in [3.8, 4) is 0 Å². The van der Waals surface area contributed by atoms with Gasteiger partial charge in [-0.2, -0.15) is 0 Å². The largest absolute Gasteiger partial charge is 0.330 e. The van der Waals surface area contributed by atoms with Gasteiger partial charge >= 0.3 is 0 Å². The molecule has 1 aromatic carbocycles. The molecule has 9 heteroatoms. The molecule has 2 aromatic rings. The van der Waals surface area contributed by atoms with E-state index in [1.54, 1.807) is 6.20 Å². The minimum atomic E-state index is -0.128. The van der Waals surface area contributed by atoms with Crippen LogP contribution in [0.1, 0.15) is 5.69 Å². The molecule has 0 radical (unpaired) electrons. The minimum Gasteiger partial charge on any atom is -0.330 e. The normalized spacial score (nSPS) is 10.7. The summed E-state index contributed by atoms with van der Waals surface area (Å²) in [7, 11) is 0. The van der Waals surface area contributed by atoms with E-state index in [0.717, 1.165) is 22.1 Å². The van der Waals surface area contributed by atoms with Crippen molar-refractivity contribution in [3.05, 3.63) is 34.7 Å². The molecule has 3 N–H and O–H groups in total. The predicted molar refractivity (Wildman–Crippen MR) is 106 cm³/mol. The zero-order valence-corrected chi connectivity index (χ0v) is 17.3. The number of hydrogen-bond acceptors (Lipinski definition) is 4. The molecule has 21 heavy (non-hydrogen) atoms. The maximum Gasteiger partial charge on any atom is 0.246 e. The van der Waals surface area contributed by atoms with Gasteiger partial charge < -0.3 is 11.1 Å². The van der Waals surface area contributed by atoms with E-state index in [9.17, 15) is 4.79 Å². The fourth-order valence-corrected chi connectivity index (χ4v) is 5.52. The van der Waals surface area contributed by atoms with Crippen LogP contribution in [0.4, 0.5) is 5.69 Å². The summed E-state index contributed by atoms with van der Waals surface area (Å²) >= 11 is 6.69. The van der Waals surface area contributed by atoms with Crippen LogP contribution in [0.25, 0.3) is 0 Å². The zero-order valence-electron chi connectivity index (χ0n) is 10.8. The fourth-order valence-electron chi connectivity index (χ4n) is 1.67. The first kappa shape index (κ1) is 17.3. The quantitative estimate of drug-likeness (QED) is 0.501. The molecule has 0 unspecified atom stereocenters.